The molecule has 1 N–H and O–H groups in total. The Balaban J connectivity index is 2.20. The van der Waals surface area contributed by atoms with E-state index in [4.69, 9.17) is 0 Å². The number of aromatic nitrogens is 1. The first kappa shape index (κ1) is 16.7. The van der Waals surface area contributed by atoms with Gasteiger partial charge in [0.1, 0.15) is 0 Å². The zero-order valence-electron chi connectivity index (χ0n) is 12.8. The number of rotatable bonds is 5. The van der Waals surface area contributed by atoms with E-state index in [1.165, 1.54) is 11.3 Å². The van der Waals surface area contributed by atoms with Crippen LogP contribution < -0.4 is 5.32 Å². The van der Waals surface area contributed by atoms with E-state index in [0.29, 0.717) is 15.8 Å². The van der Waals surface area contributed by atoms with Crippen LogP contribution in [-0.4, -0.2) is 11.0 Å². The molecule has 0 bridgehead atoms. The van der Waals surface area contributed by atoms with Gasteiger partial charge in [0, 0.05) is 18.5 Å². The minimum absolute atomic E-state index is 0.160. The van der Waals surface area contributed by atoms with Gasteiger partial charge in [0.25, 0.3) is 0 Å². The van der Waals surface area contributed by atoms with Crippen LogP contribution in [0.4, 0.5) is 13.2 Å². The van der Waals surface area contributed by atoms with Crippen LogP contribution in [0.5, 0.6) is 0 Å². The molecular formula is C15H23F3N2S. The Kier molecular flexibility index (Phi) is 5.30. The van der Waals surface area contributed by atoms with Crippen molar-refractivity contribution < 1.29 is 13.2 Å². The molecule has 1 aliphatic carbocycles. The predicted molar refractivity (Wildman–Crippen MR) is 79.5 cm³/mol. The van der Waals surface area contributed by atoms with E-state index in [-0.39, 0.29) is 18.5 Å². The van der Waals surface area contributed by atoms with Crippen molar-refractivity contribution in [3.63, 3.8) is 0 Å². The van der Waals surface area contributed by atoms with E-state index in [2.05, 4.69) is 17.2 Å². The quantitative estimate of drug-likeness (QED) is 0.830. The summed E-state index contributed by atoms with van der Waals surface area (Å²) in [6.45, 7) is 6.25. The molecule has 1 aromatic rings. The lowest BCUT2D eigenvalue weighted by atomic mass is 10.0. The summed E-state index contributed by atoms with van der Waals surface area (Å²) in [5, 5.41) is 3.75. The van der Waals surface area contributed by atoms with Gasteiger partial charge in [0.05, 0.1) is 9.88 Å². The fourth-order valence-corrected chi connectivity index (χ4v) is 4.04. The fourth-order valence-electron chi connectivity index (χ4n) is 2.85. The molecule has 6 heteroatoms. The van der Waals surface area contributed by atoms with Gasteiger partial charge in [-0.3, -0.25) is 0 Å². The van der Waals surface area contributed by atoms with Gasteiger partial charge in [-0.05, 0) is 25.2 Å². The largest absolute Gasteiger partial charge is 0.434 e. The third-order valence-corrected chi connectivity index (χ3v) is 5.34. The Labute approximate surface area is 128 Å². The third kappa shape index (κ3) is 4.19. The summed E-state index contributed by atoms with van der Waals surface area (Å²) in [5.74, 6) is 0.860. The van der Waals surface area contributed by atoms with Crippen LogP contribution in [0, 0.1) is 5.92 Å². The van der Waals surface area contributed by atoms with E-state index in [9.17, 15) is 13.2 Å². The summed E-state index contributed by atoms with van der Waals surface area (Å²) in [4.78, 5) is 4.29. The second-order valence-corrected chi connectivity index (χ2v) is 7.26. The number of hydrogen-bond acceptors (Lipinski definition) is 3. The molecule has 1 aliphatic rings. The van der Waals surface area contributed by atoms with Crippen molar-refractivity contribution in [2.45, 2.75) is 71.1 Å². The maximum atomic E-state index is 13.1. The van der Waals surface area contributed by atoms with E-state index >= 15 is 0 Å². The SMILES string of the molecule is CCC1CCC(c2nc(C(F)(F)F)c(CNC(C)C)s2)C1. The zero-order chi connectivity index (χ0) is 15.6. The highest BCUT2D eigenvalue weighted by Crippen LogP contribution is 2.43. The highest BCUT2D eigenvalue weighted by atomic mass is 32.1. The molecular weight excluding hydrogens is 297 g/mol. The Morgan fingerprint density at radius 3 is 2.57 bits per heavy atom. The average molecular weight is 320 g/mol. The molecule has 0 aromatic carbocycles. The molecule has 2 rings (SSSR count). The number of alkyl halides is 3. The van der Waals surface area contributed by atoms with Gasteiger partial charge in [0.15, 0.2) is 5.69 Å². The number of nitrogens with zero attached hydrogens (tertiary/aromatic N) is 1. The summed E-state index contributed by atoms with van der Waals surface area (Å²) < 4.78 is 39.4. The van der Waals surface area contributed by atoms with Crippen molar-refractivity contribution in [3.05, 3.63) is 15.6 Å². The lowest BCUT2D eigenvalue weighted by molar-refractivity contribution is -0.141. The summed E-state index contributed by atoms with van der Waals surface area (Å²) in [6, 6.07) is 0.160. The first-order valence-corrected chi connectivity index (χ1v) is 8.43. The topological polar surface area (TPSA) is 24.9 Å². The van der Waals surface area contributed by atoms with E-state index in [1.807, 2.05) is 13.8 Å². The highest BCUT2D eigenvalue weighted by Gasteiger charge is 2.39. The smallest absolute Gasteiger partial charge is 0.310 e. The van der Waals surface area contributed by atoms with Crippen molar-refractivity contribution in [2.24, 2.45) is 5.92 Å². The van der Waals surface area contributed by atoms with Gasteiger partial charge in [-0.15, -0.1) is 11.3 Å². The van der Waals surface area contributed by atoms with Crippen LogP contribution in [0.1, 0.15) is 68.0 Å². The number of nitrogens with one attached hydrogen (secondary N) is 1. The second kappa shape index (κ2) is 6.65. The lowest BCUT2D eigenvalue weighted by Crippen LogP contribution is -2.23. The van der Waals surface area contributed by atoms with Crippen molar-refractivity contribution in [2.75, 3.05) is 0 Å². The zero-order valence-corrected chi connectivity index (χ0v) is 13.6. The van der Waals surface area contributed by atoms with Gasteiger partial charge in [-0.2, -0.15) is 13.2 Å². The molecule has 2 atom stereocenters. The minimum Gasteiger partial charge on any atom is -0.310 e. The molecule has 0 aliphatic heterocycles. The Bertz CT molecular complexity index is 468. The van der Waals surface area contributed by atoms with E-state index in [0.717, 1.165) is 25.7 Å². The molecule has 2 unspecified atom stereocenters. The van der Waals surface area contributed by atoms with Crippen LogP contribution in [-0.2, 0) is 12.7 Å². The second-order valence-electron chi connectivity index (χ2n) is 6.14. The molecule has 2 nitrogen and oxygen atoms in total. The predicted octanol–water partition coefficient (Wildman–Crippen LogP) is 4.95. The molecule has 0 amide bonds. The number of thiazole rings is 1. The van der Waals surface area contributed by atoms with Crippen molar-refractivity contribution in [1.29, 1.82) is 0 Å². The molecule has 0 spiro atoms. The molecule has 1 heterocycles. The van der Waals surface area contributed by atoms with Gasteiger partial charge in [-0.1, -0.05) is 27.2 Å². The third-order valence-electron chi connectivity index (χ3n) is 4.12. The molecule has 1 aromatic heterocycles. The lowest BCUT2D eigenvalue weighted by Gasteiger charge is -2.09. The maximum Gasteiger partial charge on any atom is 0.434 e. The molecule has 1 fully saturated rings. The highest BCUT2D eigenvalue weighted by molar-refractivity contribution is 7.11. The average Bonchev–Trinajstić information content (AvgIpc) is 3.01. The molecule has 120 valence electrons. The van der Waals surface area contributed by atoms with Crippen molar-refractivity contribution >= 4 is 11.3 Å². The van der Waals surface area contributed by atoms with E-state index in [1.54, 1.807) is 0 Å². The fraction of sp³-hybridized carbons (Fsp3) is 0.800. The number of halogens is 3. The summed E-state index contributed by atoms with van der Waals surface area (Å²) in [5.41, 5.74) is -0.685. The van der Waals surface area contributed by atoms with Crippen molar-refractivity contribution in [1.82, 2.24) is 10.3 Å². The first-order chi connectivity index (χ1) is 9.81. The monoisotopic (exact) mass is 320 g/mol. The van der Waals surface area contributed by atoms with Crippen LogP contribution in [0.15, 0.2) is 0 Å². The van der Waals surface area contributed by atoms with Gasteiger partial charge in [0.2, 0.25) is 0 Å². The summed E-state index contributed by atoms with van der Waals surface area (Å²) in [6.07, 6.45) is -0.179. The Morgan fingerprint density at radius 2 is 2.05 bits per heavy atom. The number of hydrogen-bond donors (Lipinski definition) is 1. The van der Waals surface area contributed by atoms with E-state index < -0.39 is 11.9 Å². The van der Waals surface area contributed by atoms with Gasteiger partial charge in [-0.25, -0.2) is 4.98 Å². The Hall–Kier alpha value is -0.620. The summed E-state index contributed by atoms with van der Waals surface area (Å²) in [7, 11) is 0. The van der Waals surface area contributed by atoms with Gasteiger partial charge >= 0.3 is 6.18 Å². The minimum atomic E-state index is -4.36. The molecule has 1 saturated carbocycles. The normalized spacial score (nSPS) is 23.2. The molecule has 0 radical (unpaired) electrons. The van der Waals surface area contributed by atoms with Crippen LogP contribution in [0.2, 0.25) is 0 Å². The van der Waals surface area contributed by atoms with Crippen LogP contribution in [0.25, 0.3) is 0 Å². The van der Waals surface area contributed by atoms with Gasteiger partial charge < -0.3 is 5.32 Å². The van der Waals surface area contributed by atoms with Crippen LogP contribution in [0.3, 0.4) is 0 Å². The van der Waals surface area contributed by atoms with Crippen LogP contribution >= 0.6 is 11.3 Å². The molecule has 0 saturated heterocycles. The Morgan fingerprint density at radius 1 is 1.33 bits per heavy atom. The standard InChI is InChI=1S/C15H23F3N2S/c1-4-10-5-6-11(7-10)14-20-13(15(16,17)18)12(21-14)8-19-9(2)3/h9-11,19H,4-8H2,1-3H3. The summed E-state index contributed by atoms with van der Waals surface area (Å²) >= 11 is 1.24. The maximum absolute atomic E-state index is 13.1. The van der Waals surface area contributed by atoms with Crippen molar-refractivity contribution in [3.8, 4) is 0 Å². The molecule has 21 heavy (non-hydrogen) atoms. The first-order valence-electron chi connectivity index (χ1n) is 7.61.